The molecule has 2 heteroatoms. The lowest BCUT2D eigenvalue weighted by Gasteiger charge is -2.40. The molecule has 0 amide bonds. The highest BCUT2D eigenvalue weighted by molar-refractivity contribution is 5.33. The van der Waals surface area contributed by atoms with E-state index < -0.39 is 0 Å². The van der Waals surface area contributed by atoms with Crippen LogP contribution < -0.4 is 5.32 Å². The summed E-state index contributed by atoms with van der Waals surface area (Å²) in [7, 11) is 0. The van der Waals surface area contributed by atoms with Crippen LogP contribution >= 0.6 is 0 Å². The van der Waals surface area contributed by atoms with Gasteiger partial charge in [-0.3, -0.25) is 0 Å². The van der Waals surface area contributed by atoms with Crippen molar-refractivity contribution in [1.82, 2.24) is 5.32 Å². The Balaban J connectivity index is 1.97. The molecule has 3 rings (SSSR count). The van der Waals surface area contributed by atoms with E-state index in [2.05, 4.69) is 43.4 Å². The molecule has 0 bridgehead atoms. The van der Waals surface area contributed by atoms with Crippen LogP contribution in [-0.2, 0) is 11.2 Å². The van der Waals surface area contributed by atoms with E-state index in [1.165, 1.54) is 24.0 Å². The average molecular weight is 231 g/mol. The highest BCUT2D eigenvalue weighted by Crippen LogP contribution is 2.39. The van der Waals surface area contributed by atoms with Crippen LogP contribution in [0.3, 0.4) is 0 Å². The lowest BCUT2D eigenvalue weighted by atomic mass is 9.86. The summed E-state index contributed by atoms with van der Waals surface area (Å²) in [5, 5.41) is 3.58. The number of hydrogen-bond acceptors (Lipinski definition) is 2. The molecule has 92 valence electrons. The van der Waals surface area contributed by atoms with E-state index in [4.69, 9.17) is 4.74 Å². The van der Waals surface area contributed by atoms with Gasteiger partial charge in [0.2, 0.25) is 0 Å². The molecule has 1 aromatic rings. The summed E-state index contributed by atoms with van der Waals surface area (Å²) in [4.78, 5) is 0. The highest BCUT2D eigenvalue weighted by atomic mass is 16.5. The topological polar surface area (TPSA) is 21.3 Å². The SMILES string of the molecule is CC1(C)Cc2ccccc2[C@@H]([C@H]2CCCN2)O1. The molecule has 1 aromatic carbocycles. The Hall–Kier alpha value is -0.860. The van der Waals surface area contributed by atoms with E-state index in [0.29, 0.717) is 6.04 Å². The van der Waals surface area contributed by atoms with Crippen molar-refractivity contribution in [2.45, 2.75) is 50.9 Å². The monoisotopic (exact) mass is 231 g/mol. The van der Waals surface area contributed by atoms with Crippen LogP contribution in [0.25, 0.3) is 0 Å². The minimum absolute atomic E-state index is 0.0384. The predicted molar refractivity (Wildman–Crippen MR) is 69.1 cm³/mol. The molecule has 0 saturated carbocycles. The van der Waals surface area contributed by atoms with Gasteiger partial charge in [0.05, 0.1) is 11.7 Å². The number of rotatable bonds is 1. The molecule has 2 aliphatic heterocycles. The quantitative estimate of drug-likeness (QED) is 0.802. The third kappa shape index (κ3) is 2.12. The van der Waals surface area contributed by atoms with E-state index in [9.17, 15) is 0 Å². The van der Waals surface area contributed by atoms with Crippen molar-refractivity contribution in [3.8, 4) is 0 Å². The van der Waals surface area contributed by atoms with Crippen LogP contribution in [0.5, 0.6) is 0 Å². The number of hydrogen-bond donors (Lipinski definition) is 1. The maximum absolute atomic E-state index is 6.32. The average Bonchev–Trinajstić information content (AvgIpc) is 2.80. The third-order valence-corrected chi connectivity index (χ3v) is 3.89. The second-order valence-electron chi connectivity index (χ2n) is 5.88. The summed E-state index contributed by atoms with van der Waals surface area (Å²) in [5.74, 6) is 0. The predicted octanol–water partition coefficient (Wildman–Crippen LogP) is 2.83. The maximum atomic E-state index is 6.32. The molecule has 2 nitrogen and oxygen atoms in total. The minimum Gasteiger partial charge on any atom is -0.366 e. The first-order valence-electron chi connectivity index (χ1n) is 6.65. The van der Waals surface area contributed by atoms with E-state index in [1.54, 1.807) is 0 Å². The van der Waals surface area contributed by atoms with Gasteiger partial charge in [-0.25, -0.2) is 0 Å². The van der Waals surface area contributed by atoms with E-state index in [0.717, 1.165) is 13.0 Å². The van der Waals surface area contributed by atoms with Crippen LogP contribution in [0.2, 0.25) is 0 Å². The molecule has 0 radical (unpaired) electrons. The first kappa shape index (κ1) is 11.2. The molecular weight excluding hydrogens is 210 g/mol. The largest absolute Gasteiger partial charge is 0.366 e. The van der Waals surface area contributed by atoms with Crippen molar-refractivity contribution >= 4 is 0 Å². The van der Waals surface area contributed by atoms with Gasteiger partial charge in [0.15, 0.2) is 0 Å². The highest BCUT2D eigenvalue weighted by Gasteiger charge is 2.37. The van der Waals surface area contributed by atoms with Crippen molar-refractivity contribution < 1.29 is 4.74 Å². The van der Waals surface area contributed by atoms with E-state index in [-0.39, 0.29) is 11.7 Å². The number of fused-ring (bicyclic) bond motifs is 1. The van der Waals surface area contributed by atoms with Crippen LogP contribution in [0.4, 0.5) is 0 Å². The van der Waals surface area contributed by atoms with E-state index >= 15 is 0 Å². The zero-order valence-electron chi connectivity index (χ0n) is 10.7. The first-order chi connectivity index (χ1) is 8.16. The molecule has 0 spiro atoms. The summed E-state index contributed by atoms with van der Waals surface area (Å²) < 4.78 is 6.32. The Morgan fingerprint density at radius 1 is 1.29 bits per heavy atom. The fourth-order valence-electron chi connectivity index (χ4n) is 3.15. The van der Waals surface area contributed by atoms with Crippen molar-refractivity contribution in [3.63, 3.8) is 0 Å². The van der Waals surface area contributed by atoms with Gasteiger partial charge in [-0.1, -0.05) is 24.3 Å². The number of benzene rings is 1. The summed E-state index contributed by atoms with van der Waals surface area (Å²) in [6, 6.07) is 9.24. The van der Waals surface area contributed by atoms with Crippen LogP contribution in [0.1, 0.15) is 43.9 Å². The standard InChI is InChI=1S/C15H21NO/c1-15(2)10-11-6-3-4-7-12(11)14(17-15)13-8-5-9-16-13/h3-4,6-7,13-14,16H,5,8-10H2,1-2H3/t13-,14+/m1/s1. The van der Waals surface area contributed by atoms with Gasteiger partial charge in [0.25, 0.3) is 0 Å². The zero-order valence-corrected chi connectivity index (χ0v) is 10.7. The van der Waals surface area contributed by atoms with Gasteiger partial charge in [-0.05, 0) is 44.4 Å². The van der Waals surface area contributed by atoms with Crippen molar-refractivity contribution in [3.05, 3.63) is 35.4 Å². The van der Waals surface area contributed by atoms with Gasteiger partial charge in [0, 0.05) is 12.5 Å². The molecule has 17 heavy (non-hydrogen) atoms. The molecular formula is C15H21NO. The Kier molecular flexibility index (Phi) is 2.72. The van der Waals surface area contributed by atoms with Gasteiger partial charge < -0.3 is 10.1 Å². The lowest BCUT2D eigenvalue weighted by Crippen LogP contribution is -2.41. The van der Waals surface area contributed by atoms with Crippen LogP contribution in [-0.4, -0.2) is 18.2 Å². The molecule has 0 unspecified atom stereocenters. The van der Waals surface area contributed by atoms with Crippen molar-refractivity contribution in [2.24, 2.45) is 0 Å². The molecule has 0 aromatic heterocycles. The second-order valence-corrected chi connectivity index (χ2v) is 5.88. The molecule has 2 atom stereocenters. The van der Waals surface area contributed by atoms with Crippen molar-refractivity contribution in [1.29, 1.82) is 0 Å². The van der Waals surface area contributed by atoms with E-state index in [1.807, 2.05) is 0 Å². The molecule has 0 aliphatic carbocycles. The Morgan fingerprint density at radius 2 is 2.12 bits per heavy atom. The number of nitrogens with one attached hydrogen (secondary N) is 1. The van der Waals surface area contributed by atoms with Gasteiger partial charge in [-0.2, -0.15) is 0 Å². The summed E-state index contributed by atoms with van der Waals surface area (Å²) in [6.45, 7) is 5.53. The second kappa shape index (κ2) is 4.11. The Bertz CT molecular complexity index is 407. The lowest BCUT2D eigenvalue weighted by molar-refractivity contribution is -0.0969. The smallest absolute Gasteiger partial charge is 0.0987 e. The maximum Gasteiger partial charge on any atom is 0.0987 e. The summed E-state index contributed by atoms with van der Waals surface area (Å²) in [6.07, 6.45) is 3.76. The summed E-state index contributed by atoms with van der Waals surface area (Å²) in [5.41, 5.74) is 2.82. The molecule has 2 heterocycles. The third-order valence-electron chi connectivity index (χ3n) is 3.89. The normalized spacial score (nSPS) is 31.2. The zero-order chi connectivity index (χ0) is 11.9. The van der Waals surface area contributed by atoms with Crippen LogP contribution in [0, 0.1) is 0 Å². The first-order valence-corrected chi connectivity index (χ1v) is 6.65. The van der Waals surface area contributed by atoms with Crippen molar-refractivity contribution in [2.75, 3.05) is 6.54 Å². The van der Waals surface area contributed by atoms with Gasteiger partial charge in [-0.15, -0.1) is 0 Å². The molecule has 1 saturated heterocycles. The fraction of sp³-hybridized carbons (Fsp3) is 0.600. The Morgan fingerprint density at radius 3 is 2.88 bits per heavy atom. The van der Waals surface area contributed by atoms with Crippen LogP contribution in [0.15, 0.2) is 24.3 Å². The summed E-state index contributed by atoms with van der Waals surface area (Å²) >= 11 is 0. The molecule has 1 fully saturated rings. The van der Waals surface area contributed by atoms with Gasteiger partial charge in [0.1, 0.15) is 0 Å². The molecule has 1 N–H and O–H groups in total. The fourth-order valence-corrected chi connectivity index (χ4v) is 3.15. The molecule has 2 aliphatic rings. The minimum atomic E-state index is -0.0384. The van der Waals surface area contributed by atoms with Gasteiger partial charge >= 0.3 is 0 Å². The number of ether oxygens (including phenoxy) is 1. The Labute approximate surface area is 103 Å².